The number of esters is 3. The van der Waals surface area contributed by atoms with Gasteiger partial charge in [-0.05, 0) is 324 Å². The molecule has 16 aliphatic rings. The molecule has 0 radical (unpaired) electrons. The van der Waals surface area contributed by atoms with E-state index in [9.17, 15) is 68.1 Å². The first-order chi connectivity index (χ1) is 56.0. The van der Waals surface area contributed by atoms with E-state index in [0.717, 1.165) is 141 Å². The van der Waals surface area contributed by atoms with Crippen LogP contribution in [0, 0.1) is 185 Å². The summed E-state index contributed by atoms with van der Waals surface area (Å²) in [5, 5.41) is 51.2. The Balaban J connectivity index is 0.000000138. The molecule has 19 heteroatoms. The number of ketones is 6. The number of ether oxygens (including phenoxy) is 3. The Labute approximate surface area is 711 Å². The maximum Gasteiger partial charge on any atom is 0.305 e. The number of aliphatic hydroxyl groups excluding tert-OH is 3. The van der Waals surface area contributed by atoms with Crippen molar-refractivity contribution in [3.05, 3.63) is 0 Å². The molecule has 0 heterocycles. The largest absolute Gasteiger partial charge is 0.481 e. The minimum atomic E-state index is -0.771. The van der Waals surface area contributed by atoms with Gasteiger partial charge in [-0.1, -0.05) is 83.1 Å². The molecule has 668 valence electrons. The number of methoxy groups -OCH3 is 2. The van der Waals surface area contributed by atoms with Gasteiger partial charge in [-0.3, -0.25) is 52.7 Å². The van der Waals surface area contributed by atoms with Crippen LogP contribution in [-0.4, -0.2) is 129 Å². The van der Waals surface area contributed by atoms with Crippen LogP contribution in [0.3, 0.4) is 0 Å². The van der Waals surface area contributed by atoms with Gasteiger partial charge >= 0.3 is 29.8 Å². The van der Waals surface area contributed by atoms with E-state index in [1.165, 1.54) is 34.0 Å². The molecule has 19 nitrogen and oxygen atoms in total. The predicted molar refractivity (Wildman–Crippen MR) is 450 cm³/mol. The van der Waals surface area contributed by atoms with Gasteiger partial charge < -0.3 is 39.7 Å². The highest BCUT2D eigenvalue weighted by Gasteiger charge is 2.70. The number of carbonyl (C=O) groups is 11. The van der Waals surface area contributed by atoms with Gasteiger partial charge in [-0.15, -0.1) is 0 Å². The Morgan fingerprint density at radius 3 is 1.29 bits per heavy atom. The van der Waals surface area contributed by atoms with Gasteiger partial charge in [-0.25, -0.2) is 0 Å². The van der Waals surface area contributed by atoms with E-state index in [0.29, 0.717) is 177 Å². The van der Waals surface area contributed by atoms with Gasteiger partial charge in [0.15, 0.2) is 0 Å². The van der Waals surface area contributed by atoms with Crippen molar-refractivity contribution in [2.75, 3.05) is 14.2 Å². The number of aliphatic carboxylic acids is 2. The molecule has 0 spiro atoms. The van der Waals surface area contributed by atoms with E-state index < -0.39 is 29.6 Å². The Morgan fingerprint density at radius 1 is 0.395 bits per heavy atom. The number of Topliss-reactive ketones (excluding diaryl/α,β-unsaturated/α-hetero) is 6. The lowest BCUT2D eigenvalue weighted by atomic mass is 9.43. The van der Waals surface area contributed by atoms with Crippen LogP contribution in [0.2, 0.25) is 0 Å². The van der Waals surface area contributed by atoms with Crippen molar-refractivity contribution in [3.63, 3.8) is 0 Å². The number of hydrogen-bond donors (Lipinski definition) is 5. The lowest BCUT2D eigenvalue weighted by Crippen LogP contribution is -2.61. The van der Waals surface area contributed by atoms with Crippen molar-refractivity contribution in [1.29, 1.82) is 0 Å². The van der Waals surface area contributed by atoms with Crippen molar-refractivity contribution >= 4 is 64.5 Å². The first-order valence-corrected chi connectivity index (χ1v) is 47.9. The van der Waals surface area contributed by atoms with Crippen LogP contribution in [-0.2, 0) is 67.0 Å². The van der Waals surface area contributed by atoms with Gasteiger partial charge in [-0.2, -0.15) is 0 Å². The van der Waals surface area contributed by atoms with Crippen LogP contribution >= 0.6 is 0 Å². The van der Waals surface area contributed by atoms with E-state index in [1.807, 2.05) is 0 Å². The maximum absolute atomic E-state index is 13.6. The van der Waals surface area contributed by atoms with E-state index in [4.69, 9.17) is 24.4 Å². The second-order valence-electron chi connectivity index (χ2n) is 45.4. The smallest absolute Gasteiger partial charge is 0.305 e. The molecule has 0 amide bonds. The number of aliphatic hydroxyl groups is 3. The normalized spacial score (nSPS) is 46.8. The first-order valence-electron chi connectivity index (χ1n) is 47.9. The molecule has 0 aromatic rings. The predicted octanol–water partition coefficient (Wildman–Crippen LogP) is 17.8. The zero-order valence-corrected chi connectivity index (χ0v) is 75.5. The fourth-order valence-corrected chi connectivity index (χ4v) is 33.8. The standard InChI is InChI=1S/C27H42O6.C25H38O4.C24H38O5.C24H36O4/c1-15(6-9-24(31)32-5)19-7-8-20-25-21(14-23(30)27(19,20)4)26(3)11-10-18(33-16(2)28)12-17(26)13-22(25)29;1-15(5-8-22(28)29-4)18-6-7-19-23-20(10-12-25(18,19)3)24(2)11-9-17(26)13-16(24)14-21(23)27;1-13(4-7-21(28)29)16-5-6-17-22-18(12-20(27)24(16,17)3)23(2)9-8-15(25)10-14(23)11-19(22)26;1-14(4-7-21(27)28)17-5-6-18-22-19(9-11-24(17,18)3)23(2)10-8-16(25)12-15(23)13-20(22)26/h15,17-21,23,25,30H,6-14H2,1-5H3;15-16,18-20,23H,5-14H2,1-4H3;13-19,22,25-26H,4-12H2,1-3H3,(H,28,29);14-15,17-19,22H,4-13H2,1-3H3,(H,27,28)/t15-,17?,18-,19-,20+,21+,23+,25+,26+,27-;15-,16?,18-,19+,20+,23+,24+,25-;13-,14?,15-,16-,17+,18+,19-,22+,23+,24-;14-,15?,17-,18+,19+,22+,23+,24-/m1111/s1. The molecule has 0 aromatic carbocycles. The van der Waals surface area contributed by atoms with Crippen LogP contribution in [0.5, 0.6) is 0 Å². The first kappa shape index (κ1) is 91.9. The average molecular weight is 1660 g/mol. The Kier molecular flexibility index (Phi) is 27.2. The summed E-state index contributed by atoms with van der Waals surface area (Å²) in [6.45, 7) is 28.8. The molecule has 0 aromatic heterocycles. The number of carbonyl (C=O) groups excluding carboxylic acids is 9. The summed E-state index contributed by atoms with van der Waals surface area (Å²) < 4.78 is 15.2. The molecule has 36 atom stereocenters. The fraction of sp³-hybridized carbons (Fsp3) is 0.890. The molecule has 16 rings (SSSR count). The Morgan fingerprint density at radius 2 is 0.798 bits per heavy atom. The van der Waals surface area contributed by atoms with Crippen LogP contribution in [0.1, 0.15) is 334 Å². The van der Waals surface area contributed by atoms with Crippen LogP contribution < -0.4 is 0 Å². The number of hydrogen-bond acceptors (Lipinski definition) is 17. The second-order valence-corrected chi connectivity index (χ2v) is 45.4. The molecule has 16 aliphatic carbocycles. The summed E-state index contributed by atoms with van der Waals surface area (Å²) in [5.41, 5.74) is 0.0207. The molecule has 0 bridgehead atoms. The van der Waals surface area contributed by atoms with Crippen molar-refractivity contribution < 1.29 is 92.5 Å². The van der Waals surface area contributed by atoms with E-state index in [-0.39, 0.29) is 158 Å². The van der Waals surface area contributed by atoms with Gasteiger partial charge in [0.2, 0.25) is 0 Å². The summed E-state index contributed by atoms with van der Waals surface area (Å²) >= 11 is 0. The summed E-state index contributed by atoms with van der Waals surface area (Å²) in [5.74, 6) is 7.53. The number of carboxylic acid groups (broad SMARTS) is 2. The summed E-state index contributed by atoms with van der Waals surface area (Å²) in [6.07, 6.45) is 29.6. The van der Waals surface area contributed by atoms with E-state index in [1.54, 1.807) is 0 Å². The molecule has 4 unspecified atom stereocenters. The maximum atomic E-state index is 13.6. The van der Waals surface area contributed by atoms with Crippen molar-refractivity contribution in [1.82, 2.24) is 0 Å². The van der Waals surface area contributed by atoms with Crippen LogP contribution in [0.25, 0.3) is 0 Å². The lowest BCUT2D eigenvalue weighted by Gasteiger charge is -2.61. The third kappa shape index (κ3) is 16.5. The van der Waals surface area contributed by atoms with Crippen molar-refractivity contribution in [2.45, 2.75) is 358 Å². The fourth-order valence-electron chi connectivity index (χ4n) is 33.8. The van der Waals surface area contributed by atoms with Crippen LogP contribution in [0.15, 0.2) is 0 Å². The molecule has 16 saturated carbocycles. The number of carboxylic acids is 2. The Hall–Kier alpha value is -4.75. The molecule has 16 fully saturated rings. The summed E-state index contributed by atoms with van der Waals surface area (Å²) in [4.78, 5) is 135. The molecular weight excluding hydrogens is 1510 g/mol. The zero-order valence-electron chi connectivity index (χ0n) is 75.5. The highest BCUT2D eigenvalue weighted by Crippen LogP contribution is 2.73. The molecular formula is C100H154O19. The summed E-state index contributed by atoms with van der Waals surface area (Å²) in [7, 11) is 2.88. The van der Waals surface area contributed by atoms with Gasteiger partial charge in [0, 0.05) is 113 Å². The van der Waals surface area contributed by atoms with Crippen LogP contribution in [0.4, 0.5) is 0 Å². The highest BCUT2D eigenvalue weighted by atomic mass is 16.5. The molecule has 0 aliphatic heterocycles. The highest BCUT2D eigenvalue weighted by molar-refractivity contribution is 5.89. The second kappa shape index (κ2) is 35.2. The summed E-state index contributed by atoms with van der Waals surface area (Å²) in [6, 6.07) is 0. The quantitative estimate of drug-likeness (QED) is 0.0667. The van der Waals surface area contributed by atoms with Gasteiger partial charge in [0.25, 0.3) is 0 Å². The van der Waals surface area contributed by atoms with Gasteiger partial charge in [0.1, 0.15) is 40.8 Å². The average Bonchev–Trinajstić information content (AvgIpc) is 1.59. The monoisotopic (exact) mass is 1660 g/mol. The molecule has 0 saturated heterocycles. The Bertz CT molecular complexity index is 3810. The van der Waals surface area contributed by atoms with Crippen molar-refractivity contribution in [2.24, 2.45) is 185 Å². The molecule has 5 N–H and O–H groups in total. The third-order valence-electron chi connectivity index (χ3n) is 40.7. The molecule has 119 heavy (non-hydrogen) atoms. The topological polar surface area (TPSA) is 317 Å². The van der Waals surface area contributed by atoms with Crippen molar-refractivity contribution in [3.8, 4) is 0 Å². The van der Waals surface area contributed by atoms with E-state index in [2.05, 4.69) is 83.1 Å². The minimum absolute atomic E-state index is 0.00607. The number of fused-ring (bicyclic) bond motifs is 20. The lowest BCUT2D eigenvalue weighted by molar-refractivity contribution is -0.185. The SMILES string of the molecule is COC(=O)CC[C@@H](C)[C@H]1CC[C@H]2[C@@H]3C(=O)CC4CC(=O)CC[C@]4(C)[C@H]3CC[C@]12C.COC(=O)CC[C@@H](C)[C@H]1CC[C@H]2[C@@H]3C(=O)CC4C[C@H](OC(C)=O)CC[C@]4(C)[C@H]3C[C@H](O)[C@]12C.C[C@H](CCC(=O)O)[C@H]1CC[C@H]2[C@@H]3C(=O)CC4CC(=O)CC[C@]4(C)[C@H]3CC[C@]12C.C[C@H](CCC(=O)O)[C@H]1CC[C@H]2[C@@H]3[C@H](O)CC4C[C@H](O)CC[C@]4(C)[C@H]3CC(=O)[C@]12C. The zero-order chi connectivity index (χ0) is 86.5. The van der Waals surface area contributed by atoms with E-state index >= 15 is 0 Å². The van der Waals surface area contributed by atoms with Gasteiger partial charge in [0.05, 0.1) is 32.5 Å². The third-order valence-corrected chi connectivity index (χ3v) is 40.7. The minimum Gasteiger partial charge on any atom is -0.481 e. The number of rotatable bonds is 17.